The predicted octanol–water partition coefficient (Wildman–Crippen LogP) is 4.44. The first-order valence-corrected chi connectivity index (χ1v) is 6.11. The molecule has 0 nitrogen and oxygen atoms in total. The van der Waals surface area contributed by atoms with Crippen molar-refractivity contribution in [3.8, 4) is 0 Å². The summed E-state index contributed by atoms with van der Waals surface area (Å²) in [6, 6.07) is 10.9. The molecule has 0 saturated carbocycles. The highest BCUT2D eigenvalue weighted by atomic mass is 14.4. The third-order valence-electron chi connectivity index (χ3n) is 3.75. The third kappa shape index (κ3) is 1.73. The summed E-state index contributed by atoms with van der Waals surface area (Å²) < 4.78 is 0. The minimum Gasteiger partial charge on any atom is -0.0725 e. The van der Waals surface area contributed by atoms with E-state index in [1.54, 1.807) is 0 Å². The van der Waals surface area contributed by atoms with E-state index in [-0.39, 0.29) is 5.41 Å². The molecule has 0 unspecified atom stereocenters. The lowest BCUT2D eigenvalue weighted by Gasteiger charge is -2.36. The van der Waals surface area contributed by atoms with Crippen molar-refractivity contribution in [3.05, 3.63) is 66.1 Å². The minimum atomic E-state index is 0.199. The van der Waals surface area contributed by atoms with Crippen LogP contribution in [0.4, 0.5) is 0 Å². The lowest BCUT2D eigenvalue weighted by molar-refractivity contribution is 0.445. The molecule has 0 saturated heterocycles. The summed E-state index contributed by atoms with van der Waals surface area (Å²) in [5, 5.41) is 0. The number of hydrogen-bond acceptors (Lipinski definition) is 0. The fraction of sp³-hybridized carbons (Fsp3) is 0.312. The van der Waals surface area contributed by atoms with E-state index in [0.29, 0.717) is 0 Å². The first-order valence-electron chi connectivity index (χ1n) is 6.11. The summed E-state index contributed by atoms with van der Waals surface area (Å²) in [4.78, 5) is 0. The average Bonchev–Trinajstić information content (AvgIpc) is 2.87. The Morgan fingerprint density at radius 3 is 1.94 bits per heavy atom. The summed E-state index contributed by atoms with van der Waals surface area (Å²) in [5.41, 5.74) is 1.64. The first kappa shape index (κ1) is 11.2. The number of benzene rings is 1. The Morgan fingerprint density at radius 2 is 1.44 bits per heavy atom. The van der Waals surface area contributed by atoms with Gasteiger partial charge in [-0.3, -0.25) is 0 Å². The van der Waals surface area contributed by atoms with Crippen LogP contribution in [0.15, 0.2) is 54.6 Å². The van der Waals surface area contributed by atoms with Crippen molar-refractivity contribution in [1.82, 2.24) is 0 Å². The maximum Gasteiger partial charge on any atom is 0.0299 e. The quantitative estimate of drug-likeness (QED) is 0.690. The second-order valence-electron chi connectivity index (χ2n) is 4.33. The Bertz CT molecular complexity index is 368. The van der Waals surface area contributed by atoms with E-state index in [0.717, 1.165) is 12.8 Å². The lowest BCUT2D eigenvalue weighted by Crippen LogP contribution is -2.30. The Balaban J connectivity index is 2.42. The molecular formula is C16H19. The third-order valence-corrected chi connectivity index (χ3v) is 3.75. The molecule has 0 aliphatic heterocycles. The summed E-state index contributed by atoms with van der Waals surface area (Å²) in [5.74, 6) is 1.45. The molecule has 0 heteroatoms. The van der Waals surface area contributed by atoms with Gasteiger partial charge in [-0.1, -0.05) is 68.5 Å². The molecule has 0 heterocycles. The molecule has 1 radical (unpaired) electrons. The summed E-state index contributed by atoms with van der Waals surface area (Å²) >= 11 is 0. The van der Waals surface area contributed by atoms with E-state index in [4.69, 9.17) is 0 Å². The molecule has 0 spiro atoms. The zero-order chi connectivity index (χ0) is 11.4. The van der Waals surface area contributed by atoms with Gasteiger partial charge < -0.3 is 0 Å². The summed E-state index contributed by atoms with van der Waals surface area (Å²) in [7, 11) is 0. The molecule has 1 aromatic carbocycles. The van der Waals surface area contributed by atoms with Crippen LogP contribution in [0.3, 0.4) is 0 Å². The van der Waals surface area contributed by atoms with Crippen LogP contribution in [-0.2, 0) is 5.41 Å². The van der Waals surface area contributed by atoms with Crippen molar-refractivity contribution < 1.29 is 0 Å². The van der Waals surface area contributed by atoms with E-state index in [9.17, 15) is 0 Å². The normalized spacial score (nSPS) is 15.9. The van der Waals surface area contributed by atoms with Crippen LogP contribution in [0, 0.1) is 5.92 Å². The molecule has 1 aromatic rings. The largest absolute Gasteiger partial charge is 0.0725 e. The number of rotatable bonds is 4. The van der Waals surface area contributed by atoms with Crippen molar-refractivity contribution in [1.29, 1.82) is 0 Å². The minimum absolute atomic E-state index is 0.199. The highest BCUT2D eigenvalue weighted by molar-refractivity contribution is 5.47. The molecule has 16 heavy (non-hydrogen) atoms. The zero-order valence-electron chi connectivity index (χ0n) is 10.1. The molecule has 2 rings (SSSR count). The fourth-order valence-corrected chi connectivity index (χ4v) is 2.68. The molecule has 0 bridgehead atoms. The lowest BCUT2D eigenvalue weighted by atomic mass is 9.67. The zero-order valence-corrected chi connectivity index (χ0v) is 10.1. The fourth-order valence-electron chi connectivity index (χ4n) is 2.68. The van der Waals surface area contributed by atoms with E-state index in [1.807, 2.05) is 0 Å². The van der Waals surface area contributed by atoms with Crippen LogP contribution in [0.2, 0.25) is 0 Å². The second-order valence-corrected chi connectivity index (χ2v) is 4.33. The maximum atomic E-state index is 2.28. The monoisotopic (exact) mass is 211 g/mol. The van der Waals surface area contributed by atoms with Gasteiger partial charge in [-0.2, -0.15) is 0 Å². The van der Waals surface area contributed by atoms with Crippen LogP contribution in [0.5, 0.6) is 0 Å². The van der Waals surface area contributed by atoms with Crippen molar-refractivity contribution in [2.24, 2.45) is 0 Å². The topological polar surface area (TPSA) is 0 Å². The van der Waals surface area contributed by atoms with Crippen molar-refractivity contribution in [2.45, 2.75) is 32.1 Å². The molecule has 0 aromatic heterocycles. The van der Waals surface area contributed by atoms with Crippen molar-refractivity contribution >= 4 is 0 Å². The van der Waals surface area contributed by atoms with Gasteiger partial charge in [0.25, 0.3) is 0 Å². The van der Waals surface area contributed by atoms with Gasteiger partial charge in [-0.15, -0.1) is 0 Å². The second kappa shape index (κ2) is 4.69. The van der Waals surface area contributed by atoms with E-state index >= 15 is 0 Å². The number of allylic oxidation sites excluding steroid dienone is 4. The standard InChI is InChI=1S/C16H19/c1-3-16(4-2,15-12-8-9-13-15)14-10-6-5-7-11-14/h5-13H,3-4H2,1-2H3. The molecule has 0 fully saturated rings. The van der Waals surface area contributed by atoms with E-state index in [1.165, 1.54) is 11.5 Å². The Morgan fingerprint density at radius 1 is 0.875 bits per heavy atom. The van der Waals surface area contributed by atoms with Gasteiger partial charge in [0.15, 0.2) is 0 Å². The summed E-state index contributed by atoms with van der Waals surface area (Å²) in [6.45, 7) is 4.56. The SMILES string of the molecule is CCC(CC)([C]1C=CC=C1)c1ccccc1. The first-order chi connectivity index (χ1) is 7.83. The molecule has 1 aliphatic carbocycles. The molecule has 0 atom stereocenters. The van der Waals surface area contributed by atoms with E-state index in [2.05, 4.69) is 68.5 Å². The van der Waals surface area contributed by atoms with Gasteiger partial charge in [-0.25, -0.2) is 0 Å². The van der Waals surface area contributed by atoms with Crippen LogP contribution in [0.1, 0.15) is 32.3 Å². The molecule has 0 N–H and O–H groups in total. The van der Waals surface area contributed by atoms with Crippen LogP contribution in [0.25, 0.3) is 0 Å². The van der Waals surface area contributed by atoms with Gasteiger partial charge >= 0.3 is 0 Å². The van der Waals surface area contributed by atoms with Gasteiger partial charge in [0.1, 0.15) is 0 Å². The van der Waals surface area contributed by atoms with Crippen LogP contribution < -0.4 is 0 Å². The highest BCUT2D eigenvalue weighted by Gasteiger charge is 2.35. The van der Waals surface area contributed by atoms with Gasteiger partial charge in [0.2, 0.25) is 0 Å². The van der Waals surface area contributed by atoms with E-state index < -0.39 is 0 Å². The molecule has 1 aliphatic rings. The van der Waals surface area contributed by atoms with Crippen molar-refractivity contribution in [3.63, 3.8) is 0 Å². The summed E-state index contributed by atoms with van der Waals surface area (Å²) in [6.07, 6.45) is 11.1. The van der Waals surface area contributed by atoms with Gasteiger partial charge in [-0.05, 0) is 18.4 Å². The highest BCUT2D eigenvalue weighted by Crippen LogP contribution is 2.43. The average molecular weight is 211 g/mol. The Hall–Kier alpha value is -1.30. The van der Waals surface area contributed by atoms with Gasteiger partial charge in [0.05, 0.1) is 0 Å². The molecule has 0 amide bonds. The molecular weight excluding hydrogens is 192 g/mol. The van der Waals surface area contributed by atoms with Crippen molar-refractivity contribution in [2.75, 3.05) is 0 Å². The number of hydrogen-bond donors (Lipinski definition) is 0. The Kier molecular flexibility index (Phi) is 3.28. The molecule has 83 valence electrons. The maximum absolute atomic E-state index is 2.28. The Labute approximate surface area is 98.7 Å². The predicted molar refractivity (Wildman–Crippen MR) is 70.2 cm³/mol. The van der Waals surface area contributed by atoms with Crippen LogP contribution in [-0.4, -0.2) is 0 Å². The van der Waals surface area contributed by atoms with Gasteiger partial charge in [0, 0.05) is 11.3 Å². The van der Waals surface area contributed by atoms with Crippen LogP contribution >= 0.6 is 0 Å². The smallest absolute Gasteiger partial charge is 0.0299 e.